The highest BCUT2D eigenvalue weighted by molar-refractivity contribution is 5.50. The fourth-order valence-corrected chi connectivity index (χ4v) is 0.0257. The van der Waals surface area contributed by atoms with Crippen LogP contribution in [0.1, 0.15) is 0 Å². The fourth-order valence-electron chi connectivity index (χ4n) is 0.0257. The number of halogens is 1. The first-order valence-electron chi connectivity index (χ1n) is 1.09. The molecular formula is C2H3FO2. The molecule has 30 valence electrons. The van der Waals surface area contributed by atoms with Crippen LogP contribution in [0, 0.1) is 0 Å². The lowest BCUT2D eigenvalue weighted by molar-refractivity contribution is -0.145. The summed E-state index contributed by atoms with van der Waals surface area (Å²) in [6, 6.07) is 0. The summed E-state index contributed by atoms with van der Waals surface area (Å²) in [5.74, 6) is 0. The highest BCUT2D eigenvalue weighted by Crippen LogP contribution is 1.61. The van der Waals surface area contributed by atoms with E-state index in [-0.39, 0.29) is 0 Å². The highest BCUT2D eigenvalue weighted by atomic mass is 19.3. The quantitative estimate of drug-likeness (QED) is 0.437. The van der Waals surface area contributed by atoms with Crippen LogP contribution in [0.2, 0.25) is 0 Å². The number of aldehydes is 1. The molecule has 0 spiro atoms. The molecule has 0 aromatic carbocycles. The van der Waals surface area contributed by atoms with E-state index in [0.29, 0.717) is 6.29 Å². The number of hydrogen-bond acceptors (Lipinski definition) is 2. The molecular weight excluding hydrogens is 75.0 g/mol. The molecule has 0 aromatic rings. The minimum absolute atomic E-state index is 0.333. The lowest BCUT2D eigenvalue weighted by Gasteiger charge is -1.68. The van der Waals surface area contributed by atoms with E-state index in [4.69, 9.17) is 4.79 Å². The van der Waals surface area contributed by atoms with Gasteiger partial charge in [-0.1, -0.05) is 0 Å². The summed E-state index contributed by atoms with van der Waals surface area (Å²) in [5.41, 5.74) is 0. The summed E-state index contributed by atoms with van der Waals surface area (Å²) in [6.45, 7) is -0.458. The molecule has 0 unspecified atom stereocenters. The molecule has 0 saturated carbocycles. The Balaban J connectivity index is 2.40. The van der Waals surface area contributed by atoms with Gasteiger partial charge in [0.2, 0.25) is 0 Å². The second-order valence-electron chi connectivity index (χ2n) is 0.442. The molecule has 0 aromatic heterocycles. The SMILES string of the molecule is O=CCOF. The van der Waals surface area contributed by atoms with Crippen molar-refractivity contribution in [1.29, 1.82) is 0 Å². The van der Waals surface area contributed by atoms with E-state index in [0.717, 1.165) is 0 Å². The van der Waals surface area contributed by atoms with Crippen LogP contribution >= 0.6 is 0 Å². The van der Waals surface area contributed by atoms with Gasteiger partial charge in [-0.05, 0) is 4.53 Å². The maximum absolute atomic E-state index is 10.3. The third-order valence-corrected chi connectivity index (χ3v) is 0.131. The predicted octanol–water partition coefficient (Wildman–Crippen LogP) is 0.0864. The van der Waals surface area contributed by atoms with Gasteiger partial charge in [-0.25, -0.2) is 0 Å². The molecule has 0 radical (unpaired) electrons. The highest BCUT2D eigenvalue weighted by Gasteiger charge is 1.69. The van der Waals surface area contributed by atoms with E-state index in [1.165, 1.54) is 0 Å². The lowest BCUT2D eigenvalue weighted by atomic mass is 10.9. The second kappa shape index (κ2) is 3.56. The van der Waals surface area contributed by atoms with Crippen molar-refractivity contribution in [3.8, 4) is 0 Å². The van der Waals surface area contributed by atoms with Crippen LogP contribution in [-0.4, -0.2) is 12.9 Å². The van der Waals surface area contributed by atoms with Crippen LogP contribution < -0.4 is 0 Å². The average Bonchev–Trinajstić information content (AvgIpc) is 1.41. The molecule has 0 rings (SSSR count). The van der Waals surface area contributed by atoms with E-state index in [2.05, 4.69) is 4.94 Å². The third kappa shape index (κ3) is 3.56. The molecule has 0 bridgehead atoms. The molecule has 0 fully saturated rings. The number of rotatable bonds is 2. The molecule has 5 heavy (non-hydrogen) atoms. The fraction of sp³-hybridized carbons (Fsp3) is 0.500. The van der Waals surface area contributed by atoms with Crippen LogP contribution in [0.5, 0.6) is 0 Å². The zero-order chi connectivity index (χ0) is 4.12. The molecule has 3 heteroatoms. The lowest BCUT2D eigenvalue weighted by Crippen LogP contribution is -1.80. The summed E-state index contributed by atoms with van der Waals surface area (Å²) >= 11 is 0. The van der Waals surface area contributed by atoms with Gasteiger partial charge in [0, 0.05) is 0 Å². The Kier molecular flexibility index (Phi) is 3.25. The van der Waals surface area contributed by atoms with E-state index in [9.17, 15) is 4.53 Å². The maximum atomic E-state index is 10.3. The largest absolute Gasteiger partial charge is 0.301 e. The van der Waals surface area contributed by atoms with E-state index < -0.39 is 6.61 Å². The summed E-state index contributed by atoms with van der Waals surface area (Å²) < 4.78 is 10.3. The van der Waals surface area contributed by atoms with Crippen molar-refractivity contribution in [2.24, 2.45) is 0 Å². The number of hydrogen-bond donors (Lipinski definition) is 0. The van der Waals surface area contributed by atoms with Gasteiger partial charge in [0.1, 0.15) is 12.9 Å². The smallest absolute Gasteiger partial charge is 0.149 e. The molecule has 0 saturated heterocycles. The summed E-state index contributed by atoms with van der Waals surface area (Å²) in [4.78, 5) is 11.9. The minimum atomic E-state index is -0.458. The first-order valence-corrected chi connectivity index (χ1v) is 1.09. The van der Waals surface area contributed by atoms with E-state index in [1.54, 1.807) is 0 Å². The molecule has 0 amide bonds. The van der Waals surface area contributed by atoms with Crippen molar-refractivity contribution in [3.05, 3.63) is 0 Å². The minimum Gasteiger partial charge on any atom is -0.301 e. The standard InChI is InChI=1S/C2H3FO2/c3-5-2-1-4/h1H,2H2. The molecule has 0 atom stereocenters. The monoisotopic (exact) mass is 78.0 g/mol. The Bertz CT molecular complexity index is 28.8. The Morgan fingerprint density at radius 2 is 2.60 bits per heavy atom. The van der Waals surface area contributed by atoms with Crippen LogP contribution in [0.15, 0.2) is 0 Å². The van der Waals surface area contributed by atoms with Crippen molar-refractivity contribution in [2.75, 3.05) is 6.61 Å². The van der Waals surface area contributed by atoms with Gasteiger partial charge in [-0.15, -0.1) is 0 Å². The van der Waals surface area contributed by atoms with Gasteiger partial charge >= 0.3 is 0 Å². The first kappa shape index (κ1) is 4.56. The normalized spacial score (nSPS) is 7.40. The van der Waals surface area contributed by atoms with Crippen LogP contribution in [0.25, 0.3) is 0 Å². The van der Waals surface area contributed by atoms with E-state index >= 15 is 0 Å². The zero-order valence-corrected chi connectivity index (χ0v) is 2.48. The van der Waals surface area contributed by atoms with Crippen LogP contribution in [0.3, 0.4) is 0 Å². The summed E-state index contributed by atoms with van der Waals surface area (Å²) in [5, 5.41) is 0. The van der Waals surface area contributed by atoms with Crippen LogP contribution in [0.4, 0.5) is 4.53 Å². The summed E-state index contributed by atoms with van der Waals surface area (Å²) in [6.07, 6.45) is 0.333. The van der Waals surface area contributed by atoms with Gasteiger partial charge in [-0.2, -0.15) is 4.94 Å². The second-order valence-corrected chi connectivity index (χ2v) is 0.442. The Hall–Kier alpha value is -0.440. The van der Waals surface area contributed by atoms with Crippen molar-refractivity contribution in [1.82, 2.24) is 0 Å². The molecule has 0 aliphatic heterocycles. The van der Waals surface area contributed by atoms with Gasteiger partial charge in [0.25, 0.3) is 0 Å². The van der Waals surface area contributed by atoms with Crippen LogP contribution in [-0.2, 0) is 9.74 Å². The van der Waals surface area contributed by atoms with Gasteiger partial charge < -0.3 is 4.79 Å². The van der Waals surface area contributed by atoms with E-state index in [1.807, 2.05) is 0 Å². The van der Waals surface area contributed by atoms with Gasteiger partial charge in [-0.3, -0.25) is 0 Å². The Morgan fingerprint density at radius 3 is 2.60 bits per heavy atom. The van der Waals surface area contributed by atoms with Crippen molar-refractivity contribution >= 4 is 6.29 Å². The Morgan fingerprint density at radius 1 is 2.00 bits per heavy atom. The molecule has 0 aliphatic rings. The van der Waals surface area contributed by atoms with Crippen molar-refractivity contribution < 1.29 is 14.3 Å². The van der Waals surface area contributed by atoms with Gasteiger partial charge in [0.05, 0.1) is 0 Å². The summed E-state index contributed by atoms with van der Waals surface area (Å²) in [7, 11) is 0. The maximum Gasteiger partial charge on any atom is 0.149 e. The van der Waals surface area contributed by atoms with Crippen molar-refractivity contribution in [3.63, 3.8) is 0 Å². The average molecular weight is 78.0 g/mol. The molecule has 2 nitrogen and oxygen atoms in total. The number of carbonyl (C=O) groups excluding carboxylic acids is 1. The molecule has 0 aliphatic carbocycles. The van der Waals surface area contributed by atoms with Gasteiger partial charge in [0.15, 0.2) is 0 Å². The van der Waals surface area contributed by atoms with Crippen molar-refractivity contribution in [2.45, 2.75) is 0 Å². The first-order chi connectivity index (χ1) is 2.41. The number of carbonyl (C=O) groups is 1. The third-order valence-electron chi connectivity index (χ3n) is 0.131. The molecule has 0 heterocycles. The molecule has 0 N–H and O–H groups in total. The topological polar surface area (TPSA) is 26.3 Å². The zero-order valence-electron chi connectivity index (χ0n) is 2.48. The predicted molar refractivity (Wildman–Crippen MR) is 13.1 cm³/mol. The Labute approximate surface area is 28.4 Å².